The Morgan fingerprint density at radius 1 is 1.00 bits per heavy atom. The van der Waals surface area contributed by atoms with Gasteiger partial charge in [-0.25, -0.2) is 4.39 Å². The second-order valence-electron chi connectivity index (χ2n) is 3.59. The van der Waals surface area contributed by atoms with Crippen LogP contribution in [0.4, 0.5) is 4.39 Å². The maximum absolute atomic E-state index is 12.8. The number of rotatable bonds is 2. The van der Waals surface area contributed by atoms with Gasteiger partial charge in [0.2, 0.25) is 0 Å². The molecule has 0 aromatic heterocycles. The molecule has 0 spiro atoms. The van der Waals surface area contributed by atoms with Crippen LogP contribution in [0.1, 0.15) is 11.1 Å². The highest BCUT2D eigenvalue weighted by atomic mass is 19.1. The molecule has 2 aromatic rings. The third-order valence-corrected chi connectivity index (χ3v) is 2.39. The van der Waals surface area contributed by atoms with Crippen molar-refractivity contribution in [3.05, 3.63) is 71.5 Å². The Balaban J connectivity index is 2.38. The van der Waals surface area contributed by atoms with E-state index in [4.69, 9.17) is 5.26 Å². The molecule has 0 radical (unpaired) electrons. The first kappa shape index (κ1) is 11.1. The summed E-state index contributed by atoms with van der Waals surface area (Å²) in [6, 6.07) is 17.6. The van der Waals surface area contributed by atoms with Gasteiger partial charge in [-0.05, 0) is 29.3 Å². The summed E-state index contributed by atoms with van der Waals surface area (Å²) in [5.74, 6) is -0.300. The summed E-state index contributed by atoms with van der Waals surface area (Å²) in [6.45, 7) is 0. The monoisotopic (exact) mass is 223 g/mol. The van der Waals surface area contributed by atoms with Crippen molar-refractivity contribution in [1.29, 1.82) is 5.26 Å². The number of hydrogen-bond acceptors (Lipinski definition) is 1. The van der Waals surface area contributed by atoms with E-state index in [9.17, 15) is 4.39 Å². The van der Waals surface area contributed by atoms with Gasteiger partial charge >= 0.3 is 0 Å². The minimum absolute atomic E-state index is 0.300. The van der Waals surface area contributed by atoms with E-state index in [2.05, 4.69) is 6.07 Å². The van der Waals surface area contributed by atoms with Gasteiger partial charge in [0.1, 0.15) is 5.82 Å². The van der Waals surface area contributed by atoms with Crippen LogP contribution in [0, 0.1) is 17.1 Å². The Hall–Kier alpha value is -2.40. The molecular formula is C15H10FN. The van der Waals surface area contributed by atoms with Gasteiger partial charge in [0, 0.05) is 0 Å². The number of nitriles is 1. The van der Waals surface area contributed by atoms with Gasteiger partial charge < -0.3 is 0 Å². The molecule has 0 bridgehead atoms. The van der Waals surface area contributed by atoms with E-state index in [1.807, 2.05) is 30.3 Å². The molecule has 2 heteroatoms. The molecule has 0 unspecified atom stereocenters. The molecule has 0 heterocycles. The standard InChI is InChI=1S/C15H10FN/c16-15-8-6-13(7-9-15)14(11-17)10-12-4-2-1-3-5-12/h1-10H/b14-10-. The second kappa shape index (κ2) is 5.09. The highest BCUT2D eigenvalue weighted by Gasteiger charge is 2.00. The van der Waals surface area contributed by atoms with Crippen molar-refractivity contribution in [2.24, 2.45) is 0 Å². The quantitative estimate of drug-likeness (QED) is 0.559. The molecule has 0 saturated carbocycles. The lowest BCUT2D eigenvalue weighted by atomic mass is 10.0. The summed E-state index contributed by atoms with van der Waals surface area (Å²) >= 11 is 0. The van der Waals surface area contributed by atoms with Crippen molar-refractivity contribution in [1.82, 2.24) is 0 Å². The molecule has 2 aromatic carbocycles. The Kier molecular flexibility index (Phi) is 3.32. The summed E-state index contributed by atoms with van der Waals surface area (Å²) in [4.78, 5) is 0. The smallest absolute Gasteiger partial charge is 0.123 e. The number of halogens is 1. The topological polar surface area (TPSA) is 23.8 Å². The van der Waals surface area contributed by atoms with Crippen LogP contribution in [-0.4, -0.2) is 0 Å². The maximum atomic E-state index is 12.8. The van der Waals surface area contributed by atoms with Crippen LogP contribution in [0.25, 0.3) is 11.6 Å². The normalized spacial score (nSPS) is 10.9. The van der Waals surface area contributed by atoms with Gasteiger partial charge in [-0.15, -0.1) is 0 Å². The van der Waals surface area contributed by atoms with Crippen molar-refractivity contribution in [2.45, 2.75) is 0 Å². The highest BCUT2D eigenvalue weighted by molar-refractivity contribution is 5.89. The number of benzene rings is 2. The predicted octanol–water partition coefficient (Wildman–Crippen LogP) is 3.89. The first-order valence-electron chi connectivity index (χ1n) is 5.22. The van der Waals surface area contributed by atoms with Gasteiger partial charge in [0.15, 0.2) is 0 Å². The molecule has 0 fully saturated rings. The molecular weight excluding hydrogens is 213 g/mol. The molecule has 82 valence electrons. The zero-order chi connectivity index (χ0) is 12.1. The van der Waals surface area contributed by atoms with E-state index in [1.54, 1.807) is 18.2 Å². The van der Waals surface area contributed by atoms with Crippen LogP contribution in [0.15, 0.2) is 54.6 Å². The molecule has 0 aliphatic rings. The summed E-state index contributed by atoms with van der Waals surface area (Å²) in [5.41, 5.74) is 2.20. The summed E-state index contributed by atoms with van der Waals surface area (Å²) in [6.07, 6.45) is 1.78. The van der Waals surface area contributed by atoms with Crippen LogP contribution >= 0.6 is 0 Å². The van der Waals surface area contributed by atoms with Crippen molar-refractivity contribution < 1.29 is 4.39 Å². The Morgan fingerprint density at radius 3 is 2.24 bits per heavy atom. The third kappa shape index (κ3) is 2.79. The molecule has 0 saturated heterocycles. The average Bonchev–Trinajstić information content (AvgIpc) is 2.38. The first-order chi connectivity index (χ1) is 8.29. The largest absolute Gasteiger partial charge is 0.207 e. The van der Waals surface area contributed by atoms with Gasteiger partial charge in [0.25, 0.3) is 0 Å². The molecule has 0 amide bonds. The van der Waals surface area contributed by atoms with Crippen LogP contribution < -0.4 is 0 Å². The minimum atomic E-state index is -0.300. The molecule has 0 N–H and O–H groups in total. The fraction of sp³-hybridized carbons (Fsp3) is 0. The van der Waals surface area contributed by atoms with E-state index in [0.29, 0.717) is 5.57 Å². The van der Waals surface area contributed by atoms with Crippen molar-refractivity contribution in [2.75, 3.05) is 0 Å². The van der Waals surface area contributed by atoms with Gasteiger partial charge in [-0.3, -0.25) is 0 Å². The second-order valence-corrected chi connectivity index (χ2v) is 3.59. The average molecular weight is 223 g/mol. The van der Waals surface area contributed by atoms with E-state index < -0.39 is 0 Å². The maximum Gasteiger partial charge on any atom is 0.123 e. The van der Waals surface area contributed by atoms with Crippen LogP contribution in [0.2, 0.25) is 0 Å². The summed E-state index contributed by atoms with van der Waals surface area (Å²) in [7, 11) is 0. The van der Waals surface area contributed by atoms with Crippen LogP contribution in [-0.2, 0) is 0 Å². The lowest BCUT2D eigenvalue weighted by Crippen LogP contribution is -1.82. The van der Waals surface area contributed by atoms with Gasteiger partial charge in [0.05, 0.1) is 11.6 Å². The zero-order valence-corrected chi connectivity index (χ0v) is 9.10. The highest BCUT2D eigenvalue weighted by Crippen LogP contribution is 2.17. The number of allylic oxidation sites excluding steroid dienone is 1. The van der Waals surface area contributed by atoms with Crippen LogP contribution in [0.5, 0.6) is 0 Å². The van der Waals surface area contributed by atoms with Crippen LogP contribution in [0.3, 0.4) is 0 Å². The number of hydrogen-bond donors (Lipinski definition) is 0. The summed E-state index contributed by atoms with van der Waals surface area (Å²) < 4.78 is 12.8. The SMILES string of the molecule is N#C/C(=C/c1ccccc1)c1ccc(F)cc1. The predicted molar refractivity (Wildman–Crippen MR) is 66.3 cm³/mol. The van der Waals surface area contributed by atoms with E-state index in [-0.39, 0.29) is 5.82 Å². The molecule has 17 heavy (non-hydrogen) atoms. The molecule has 1 nitrogen and oxygen atoms in total. The van der Waals surface area contributed by atoms with E-state index in [1.165, 1.54) is 12.1 Å². The van der Waals surface area contributed by atoms with E-state index in [0.717, 1.165) is 11.1 Å². The molecule has 0 aliphatic carbocycles. The van der Waals surface area contributed by atoms with Crippen molar-refractivity contribution in [3.63, 3.8) is 0 Å². The Bertz CT molecular complexity index is 562. The minimum Gasteiger partial charge on any atom is -0.207 e. The molecule has 2 rings (SSSR count). The van der Waals surface area contributed by atoms with E-state index >= 15 is 0 Å². The third-order valence-electron chi connectivity index (χ3n) is 2.39. The fourth-order valence-electron chi connectivity index (χ4n) is 1.53. The Labute approximate surface area is 99.5 Å². The Morgan fingerprint density at radius 2 is 1.65 bits per heavy atom. The lowest BCUT2D eigenvalue weighted by molar-refractivity contribution is 0.627. The lowest BCUT2D eigenvalue weighted by Gasteiger charge is -1.99. The molecule has 0 aliphatic heterocycles. The van der Waals surface area contributed by atoms with Crippen molar-refractivity contribution in [3.8, 4) is 6.07 Å². The number of nitrogens with zero attached hydrogens (tertiary/aromatic N) is 1. The van der Waals surface area contributed by atoms with Gasteiger partial charge in [-0.1, -0.05) is 42.5 Å². The first-order valence-corrected chi connectivity index (χ1v) is 5.22. The summed E-state index contributed by atoms with van der Waals surface area (Å²) in [5, 5.41) is 9.10. The zero-order valence-electron chi connectivity index (χ0n) is 9.10. The fourth-order valence-corrected chi connectivity index (χ4v) is 1.53. The van der Waals surface area contributed by atoms with Gasteiger partial charge in [-0.2, -0.15) is 5.26 Å². The van der Waals surface area contributed by atoms with Crippen molar-refractivity contribution >= 4 is 11.6 Å². The molecule has 0 atom stereocenters.